The Hall–Kier alpha value is -2.04. The summed E-state index contributed by atoms with van der Waals surface area (Å²) in [5, 5.41) is 0. The molecule has 0 aliphatic carbocycles. The maximum atomic E-state index is 11.5. The molecule has 1 fully saturated rings. The summed E-state index contributed by atoms with van der Waals surface area (Å²) in [4.78, 5) is 24.2. The number of Topliss-reactive ketones (excluding diaryl/α,β-unsaturated/α-hetero) is 1. The highest BCUT2D eigenvalue weighted by molar-refractivity contribution is 6.05. The summed E-state index contributed by atoms with van der Waals surface area (Å²) in [6.45, 7) is 0.805. The third-order valence-electron chi connectivity index (χ3n) is 2.91. The van der Waals surface area contributed by atoms with Crippen molar-refractivity contribution in [3.05, 3.63) is 23.8 Å². The van der Waals surface area contributed by atoms with Crippen molar-refractivity contribution in [1.82, 2.24) is 4.90 Å². The minimum atomic E-state index is -0.119. The molecule has 2 aliphatic heterocycles. The van der Waals surface area contributed by atoms with Gasteiger partial charge in [-0.25, -0.2) is 0 Å². The number of para-hydroxylation sites is 1. The van der Waals surface area contributed by atoms with E-state index < -0.39 is 0 Å². The van der Waals surface area contributed by atoms with E-state index in [-0.39, 0.29) is 31.4 Å². The van der Waals surface area contributed by atoms with Crippen LogP contribution in [0.4, 0.5) is 0 Å². The van der Waals surface area contributed by atoms with Crippen molar-refractivity contribution in [2.45, 2.75) is 13.0 Å². The zero-order valence-electron chi connectivity index (χ0n) is 9.14. The van der Waals surface area contributed by atoms with Gasteiger partial charge in [-0.15, -0.1) is 0 Å². The topological polar surface area (TPSA) is 55.8 Å². The molecule has 0 aromatic heterocycles. The van der Waals surface area contributed by atoms with Crippen LogP contribution >= 0.6 is 0 Å². The molecule has 17 heavy (non-hydrogen) atoms. The molecular formula is C12H11NO4. The molecule has 0 unspecified atom stereocenters. The monoisotopic (exact) mass is 233 g/mol. The molecule has 3 rings (SSSR count). The summed E-state index contributed by atoms with van der Waals surface area (Å²) >= 11 is 0. The van der Waals surface area contributed by atoms with Crippen molar-refractivity contribution >= 4 is 11.7 Å². The quantitative estimate of drug-likeness (QED) is 0.706. The molecule has 1 saturated heterocycles. The van der Waals surface area contributed by atoms with Crippen LogP contribution in [0.2, 0.25) is 0 Å². The number of fused-ring (bicyclic) bond motifs is 1. The summed E-state index contributed by atoms with van der Waals surface area (Å²) in [6.07, 6.45) is 0.0202. The predicted octanol–water partition coefficient (Wildman–Crippen LogP) is 0.717. The average molecular weight is 233 g/mol. The van der Waals surface area contributed by atoms with Gasteiger partial charge in [0.1, 0.15) is 0 Å². The summed E-state index contributed by atoms with van der Waals surface area (Å²) in [7, 11) is 0. The van der Waals surface area contributed by atoms with Crippen LogP contribution in [0.3, 0.4) is 0 Å². The summed E-state index contributed by atoms with van der Waals surface area (Å²) < 4.78 is 10.6. The molecule has 0 saturated carbocycles. The second kappa shape index (κ2) is 3.76. The molecule has 2 aliphatic rings. The van der Waals surface area contributed by atoms with Gasteiger partial charge in [0.05, 0.1) is 13.0 Å². The fourth-order valence-corrected chi connectivity index (χ4v) is 2.10. The van der Waals surface area contributed by atoms with Crippen molar-refractivity contribution in [2.75, 3.05) is 13.3 Å². The Morgan fingerprint density at radius 2 is 2.12 bits per heavy atom. The van der Waals surface area contributed by atoms with Gasteiger partial charge in [-0.05, 0) is 6.07 Å². The fraction of sp³-hybridized carbons (Fsp3) is 0.333. The summed E-state index contributed by atoms with van der Waals surface area (Å²) in [5.41, 5.74) is 0.878. The zero-order valence-corrected chi connectivity index (χ0v) is 9.14. The van der Waals surface area contributed by atoms with E-state index in [1.54, 1.807) is 4.90 Å². The van der Waals surface area contributed by atoms with Gasteiger partial charge in [0.25, 0.3) is 0 Å². The van der Waals surface area contributed by atoms with Crippen molar-refractivity contribution in [2.24, 2.45) is 0 Å². The lowest BCUT2D eigenvalue weighted by atomic mass is 10.2. The molecule has 0 N–H and O–H groups in total. The molecule has 0 spiro atoms. The predicted molar refractivity (Wildman–Crippen MR) is 57.6 cm³/mol. The SMILES string of the molecule is O=C1CC(=O)N(Cc2cccc3c2OCO3)C1. The first-order valence-electron chi connectivity index (χ1n) is 5.41. The van der Waals surface area contributed by atoms with Gasteiger partial charge in [0.2, 0.25) is 12.7 Å². The molecule has 0 radical (unpaired) electrons. The number of benzene rings is 1. The number of rotatable bonds is 2. The van der Waals surface area contributed by atoms with Crippen LogP contribution in [-0.2, 0) is 16.1 Å². The Morgan fingerprint density at radius 3 is 2.88 bits per heavy atom. The second-order valence-electron chi connectivity index (χ2n) is 4.12. The molecule has 1 aromatic rings. The minimum absolute atomic E-state index is 0.0202. The molecule has 0 atom stereocenters. The highest BCUT2D eigenvalue weighted by Crippen LogP contribution is 2.36. The van der Waals surface area contributed by atoms with Gasteiger partial charge in [-0.1, -0.05) is 12.1 Å². The molecule has 5 heteroatoms. The van der Waals surface area contributed by atoms with Crippen molar-refractivity contribution < 1.29 is 19.1 Å². The van der Waals surface area contributed by atoms with Gasteiger partial charge in [0.15, 0.2) is 17.3 Å². The maximum Gasteiger partial charge on any atom is 0.231 e. The first kappa shape index (κ1) is 10.1. The standard InChI is InChI=1S/C12H11NO4/c14-9-4-11(15)13(6-9)5-8-2-1-3-10-12(8)17-7-16-10/h1-3H,4-7H2. The Morgan fingerprint density at radius 1 is 1.24 bits per heavy atom. The number of carbonyl (C=O) groups is 2. The molecule has 88 valence electrons. The zero-order chi connectivity index (χ0) is 11.8. The number of likely N-dealkylation sites (tertiary alicyclic amines) is 1. The lowest BCUT2D eigenvalue weighted by molar-refractivity contribution is -0.128. The van der Waals surface area contributed by atoms with E-state index in [0.29, 0.717) is 18.0 Å². The molecule has 5 nitrogen and oxygen atoms in total. The largest absolute Gasteiger partial charge is 0.454 e. The van der Waals surface area contributed by atoms with Crippen LogP contribution in [0.1, 0.15) is 12.0 Å². The molecule has 0 bridgehead atoms. The molecule has 1 aromatic carbocycles. The highest BCUT2D eigenvalue weighted by atomic mass is 16.7. The maximum absolute atomic E-state index is 11.5. The van der Waals surface area contributed by atoms with Crippen molar-refractivity contribution in [3.63, 3.8) is 0 Å². The lowest BCUT2D eigenvalue weighted by Crippen LogP contribution is -2.24. The Bertz CT molecular complexity index is 497. The van der Waals surface area contributed by atoms with Crippen molar-refractivity contribution in [1.29, 1.82) is 0 Å². The third-order valence-corrected chi connectivity index (χ3v) is 2.91. The highest BCUT2D eigenvalue weighted by Gasteiger charge is 2.29. The Kier molecular flexibility index (Phi) is 2.24. The van der Waals surface area contributed by atoms with Crippen LogP contribution < -0.4 is 9.47 Å². The normalized spacial score (nSPS) is 18.0. The van der Waals surface area contributed by atoms with E-state index >= 15 is 0 Å². The van der Waals surface area contributed by atoms with Gasteiger partial charge >= 0.3 is 0 Å². The second-order valence-corrected chi connectivity index (χ2v) is 4.12. The van der Waals surface area contributed by atoms with Crippen LogP contribution in [-0.4, -0.2) is 29.9 Å². The number of hydrogen-bond acceptors (Lipinski definition) is 4. The van der Waals surface area contributed by atoms with Crippen LogP contribution in [0.15, 0.2) is 18.2 Å². The average Bonchev–Trinajstić information content (AvgIpc) is 2.87. The number of ether oxygens (including phenoxy) is 2. The fourth-order valence-electron chi connectivity index (χ4n) is 2.10. The van der Waals surface area contributed by atoms with Gasteiger partial charge in [-0.2, -0.15) is 0 Å². The van der Waals surface area contributed by atoms with E-state index in [4.69, 9.17) is 9.47 Å². The number of amides is 1. The summed E-state index contributed by atoms with van der Waals surface area (Å²) in [5.74, 6) is 1.23. The first-order chi connectivity index (χ1) is 8.24. The van der Waals surface area contributed by atoms with E-state index in [1.165, 1.54) is 0 Å². The van der Waals surface area contributed by atoms with E-state index in [1.807, 2.05) is 18.2 Å². The molecule has 1 amide bonds. The molecule has 2 heterocycles. The lowest BCUT2D eigenvalue weighted by Gasteiger charge is -2.15. The van der Waals surface area contributed by atoms with Gasteiger partial charge in [0, 0.05) is 12.1 Å². The smallest absolute Gasteiger partial charge is 0.231 e. The van der Waals surface area contributed by atoms with Gasteiger partial charge < -0.3 is 14.4 Å². The van der Waals surface area contributed by atoms with Gasteiger partial charge in [-0.3, -0.25) is 9.59 Å². The number of hydrogen-bond donors (Lipinski definition) is 0. The number of carbonyl (C=O) groups excluding carboxylic acids is 2. The van der Waals surface area contributed by atoms with E-state index in [0.717, 1.165) is 5.56 Å². The van der Waals surface area contributed by atoms with Crippen molar-refractivity contribution in [3.8, 4) is 11.5 Å². The third kappa shape index (κ3) is 1.73. The van der Waals surface area contributed by atoms with Crippen LogP contribution in [0.25, 0.3) is 0 Å². The molecular weight excluding hydrogens is 222 g/mol. The Labute approximate surface area is 97.9 Å². The van der Waals surface area contributed by atoms with E-state index in [2.05, 4.69) is 0 Å². The number of ketones is 1. The minimum Gasteiger partial charge on any atom is -0.454 e. The number of nitrogens with zero attached hydrogens (tertiary/aromatic N) is 1. The first-order valence-corrected chi connectivity index (χ1v) is 5.41. The van der Waals surface area contributed by atoms with E-state index in [9.17, 15) is 9.59 Å². The Balaban J connectivity index is 1.84. The van der Waals surface area contributed by atoms with Crippen LogP contribution in [0.5, 0.6) is 11.5 Å². The summed E-state index contributed by atoms with van der Waals surface area (Å²) in [6, 6.07) is 5.55. The van der Waals surface area contributed by atoms with Crippen LogP contribution in [0, 0.1) is 0 Å².